The molecular weight excluding hydrogens is 674 g/mol. The van der Waals surface area contributed by atoms with E-state index in [0.29, 0.717) is 15.3 Å². The zero-order valence-corrected chi connectivity index (χ0v) is 27.9. The molecule has 3 aliphatic carbocycles. The molecule has 0 amide bonds. The van der Waals surface area contributed by atoms with Crippen molar-refractivity contribution in [1.82, 2.24) is 4.13 Å². The van der Waals surface area contributed by atoms with E-state index in [9.17, 15) is 43.7 Å². The van der Waals surface area contributed by atoms with Crippen molar-refractivity contribution in [1.29, 1.82) is 0 Å². The topological polar surface area (TPSA) is 38.3 Å². The van der Waals surface area contributed by atoms with Crippen LogP contribution >= 0.6 is 24.0 Å². The number of benzene rings is 1. The lowest BCUT2D eigenvalue weighted by Gasteiger charge is -2.33. The molecule has 0 radical (unpaired) electrons. The van der Waals surface area contributed by atoms with Gasteiger partial charge in [-0.15, -0.1) is 0 Å². The van der Waals surface area contributed by atoms with Gasteiger partial charge in [0.1, 0.15) is 17.8 Å². The zero-order valence-electron chi connectivity index (χ0n) is 25.4. The maximum Gasteiger partial charge on any atom is 0.486 e. The zero-order chi connectivity index (χ0) is 33.5. The largest absolute Gasteiger partial charge is 0.486 e. The molecule has 0 bridgehead atoms. The number of hydrogen-bond donors (Lipinski definition) is 1. The Labute approximate surface area is 270 Å². The Morgan fingerprint density at radius 3 is 1.47 bits per heavy atom. The van der Waals surface area contributed by atoms with E-state index in [0.717, 1.165) is 102 Å². The summed E-state index contributed by atoms with van der Waals surface area (Å²) in [5, 5.41) is -11.3. The van der Waals surface area contributed by atoms with E-state index in [-0.39, 0.29) is 23.5 Å². The highest BCUT2D eigenvalue weighted by Gasteiger charge is 2.74. The molecule has 45 heavy (non-hydrogen) atoms. The average molecular weight is 716 g/mol. The normalized spacial score (nSPS) is 20.8. The molecule has 0 spiro atoms. The molecule has 0 aliphatic heterocycles. The third-order valence-corrected chi connectivity index (χ3v) is 11.3. The molecule has 3 nitrogen and oxygen atoms in total. The summed E-state index contributed by atoms with van der Waals surface area (Å²) in [7, 11) is -4.18. The van der Waals surface area contributed by atoms with Gasteiger partial charge in [-0.3, -0.25) is 0 Å². The van der Waals surface area contributed by atoms with Gasteiger partial charge in [0.15, 0.2) is 0 Å². The molecule has 260 valence electrons. The van der Waals surface area contributed by atoms with Gasteiger partial charge in [0.05, 0.1) is 0 Å². The second-order valence-electron chi connectivity index (χ2n) is 11.7. The molecule has 4 rings (SSSR count). The Hall–Kier alpha value is -0.800. The van der Waals surface area contributed by atoms with Crippen molar-refractivity contribution in [2.24, 2.45) is 0 Å². The summed E-state index contributed by atoms with van der Waals surface area (Å²) in [6.07, 6.45) is 13.8. The van der Waals surface area contributed by atoms with Crippen molar-refractivity contribution in [2.45, 2.75) is 150 Å². The molecule has 3 aliphatic rings. The molecule has 1 aromatic rings. The first-order valence-corrected chi connectivity index (χ1v) is 18.4. The molecule has 1 unspecified atom stereocenters. The van der Waals surface area contributed by atoms with Gasteiger partial charge in [0, 0.05) is 11.9 Å². The predicted molar refractivity (Wildman–Crippen MR) is 163 cm³/mol. The third kappa shape index (κ3) is 9.64. The van der Waals surface area contributed by atoms with Crippen molar-refractivity contribution in [2.75, 3.05) is 0 Å². The van der Waals surface area contributed by atoms with Crippen molar-refractivity contribution < 1.29 is 47.9 Å². The molecule has 1 N–H and O–H groups in total. The lowest BCUT2D eigenvalue weighted by molar-refractivity contribution is -0.238. The van der Waals surface area contributed by atoms with Crippen LogP contribution < -0.4 is 8.31 Å². The molecule has 3 fully saturated rings. The lowest BCUT2D eigenvalue weighted by Crippen LogP contribution is -2.52. The smallest absolute Gasteiger partial charge is 0.419 e. The van der Waals surface area contributed by atoms with Crippen LogP contribution in [0, 0.1) is 0 Å². The van der Waals surface area contributed by atoms with E-state index >= 15 is 0 Å². The average Bonchev–Trinajstić information content (AvgIpc) is 3.04. The van der Waals surface area contributed by atoms with Crippen LogP contribution in [-0.4, -0.2) is 26.1 Å². The standard InChI is InChI=1S/C28H36F9NO2S3.C2H6/c29-25(30,26(31,32)41-38-43(39)28(35,36)37)27(33,34)42-40-24-22(19-12-6-2-7-13-19)16-21(18-10-4-1-5-11-18)17-23(24)20-14-8-3-9-15-20;1-2/h16-20,38H,1-15H2;1-2H3. The van der Waals surface area contributed by atoms with Crippen LogP contribution in [0.1, 0.15) is 145 Å². The molecule has 0 saturated heterocycles. The van der Waals surface area contributed by atoms with Gasteiger partial charge in [-0.05, 0) is 73.0 Å². The Morgan fingerprint density at radius 2 is 1.07 bits per heavy atom. The first kappa shape index (κ1) is 38.6. The van der Waals surface area contributed by atoms with Crippen molar-refractivity contribution in [3.8, 4) is 5.75 Å². The van der Waals surface area contributed by atoms with Crippen molar-refractivity contribution >= 4 is 35.0 Å². The van der Waals surface area contributed by atoms with Gasteiger partial charge >= 0.3 is 21.9 Å². The fourth-order valence-corrected chi connectivity index (χ4v) is 8.45. The summed E-state index contributed by atoms with van der Waals surface area (Å²) < 4.78 is 142. The summed E-state index contributed by atoms with van der Waals surface area (Å²) in [5.41, 5.74) is -3.22. The Kier molecular flexibility index (Phi) is 14.2. The SMILES string of the molecule is CC.O=S(NSC(F)(F)C(F)(F)C(F)(F)SOc1c(C2CCCCC2)cc(C2CCCCC2)cc1C1CCCCC1)C(F)(F)F. The van der Waals surface area contributed by atoms with E-state index in [1.807, 2.05) is 26.0 Å². The van der Waals surface area contributed by atoms with Crippen LogP contribution in [0.3, 0.4) is 0 Å². The van der Waals surface area contributed by atoms with Gasteiger partial charge in [0.25, 0.3) is 0 Å². The first-order valence-electron chi connectivity index (χ1n) is 15.7. The number of rotatable bonds is 11. The Balaban J connectivity index is 0.00000271. The number of alkyl halides is 9. The molecule has 1 aromatic carbocycles. The van der Waals surface area contributed by atoms with Crippen LogP contribution in [0.15, 0.2) is 12.1 Å². The van der Waals surface area contributed by atoms with Gasteiger partial charge < -0.3 is 4.18 Å². The second-order valence-corrected chi connectivity index (χ2v) is 14.9. The van der Waals surface area contributed by atoms with Crippen molar-refractivity contribution in [3.63, 3.8) is 0 Å². The summed E-state index contributed by atoms with van der Waals surface area (Å²) in [5.74, 6) is -6.01. The van der Waals surface area contributed by atoms with E-state index < -0.39 is 56.9 Å². The highest BCUT2D eigenvalue weighted by molar-refractivity contribution is 8.08. The fraction of sp³-hybridized carbons (Fsp3) is 0.800. The van der Waals surface area contributed by atoms with Gasteiger partial charge in [-0.2, -0.15) is 43.6 Å². The second kappa shape index (κ2) is 16.5. The maximum absolute atomic E-state index is 14.9. The first-order chi connectivity index (χ1) is 21.1. The minimum atomic E-state index is -6.17. The third-order valence-electron chi connectivity index (χ3n) is 8.75. The summed E-state index contributed by atoms with van der Waals surface area (Å²) >= 11 is -2.76. The van der Waals surface area contributed by atoms with Crippen LogP contribution in [0.2, 0.25) is 0 Å². The van der Waals surface area contributed by atoms with E-state index in [1.165, 1.54) is 0 Å². The molecular formula is C30H42F9NO2S3. The number of halogens is 9. The molecule has 3 saturated carbocycles. The van der Waals surface area contributed by atoms with Gasteiger partial charge in [-0.25, -0.2) is 4.21 Å². The Morgan fingerprint density at radius 1 is 0.667 bits per heavy atom. The predicted octanol–water partition coefficient (Wildman–Crippen LogP) is 12.1. The lowest BCUT2D eigenvalue weighted by atomic mass is 9.75. The van der Waals surface area contributed by atoms with Crippen LogP contribution in [0.4, 0.5) is 39.5 Å². The summed E-state index contributed by atoms with van der Waals surface area (Å²) in [6.45, 7) is 4.00. The maximum atomic E-state index is 14.9. The fourth-order valence-electron chi connectivity index (χ4n) is 6.42. The molecule has 1 atom stereocenters. The van der Waals surface area contributed by atoms with E-state index in [1.54, 1.807) is 0 Å². The number of hydrogen-bond acceptors (Lipinski definition) is 4. The van der Waals surface area contributed by atoms with Crippen LogP contribution in [-0.2, 0) is 11.0 Å². The highest BCUT2D eigenvalue weighted by atomic mass is 32.2. The summed E-state index contributed by atoms with van der Waals surface area (Å²) in [4.78, 5) is 0. The Bertz CT molecular complexity index is 1060. The minimum Gasteiger partial charge on any atom is -0.419 e. The summed E-state index contributed by atoms with van der Waals surface area (Å²) in [6, 6.07) is 3.87. The monoisotopic (exact) mass is 715 g/mol. The molecule has 0 aromatic heterocycles. The highest BCUT2D eigenvalue weighted by Crippen LogP contribution is 2.56. The van der Waals surface area contributed by atoms with Crippen LogP contribution in [0.5, 0.6) is 5.75 Å². The quantitative estimate of drug-likeness (QED) is 0.141. The van der Waals surface area contributed by atoms with Crippen molar-refractivity contribution in [3.05, 3.63) is 28.8 Å². The molecule has 0 heterocycles. The number of nitrogens with one attached hydrogen (secondary N) is 1. The molecule has 15 heteroatoms. The van der Waals surface area contributed by atoms with E-state index in [4.69, 9.17) is 4.18 Å². The van der Waals surface area contributed by atoms with Crippen LogP contribution in [0.25, 0.3) is 0 Å². The van der Waals surface area contributed by atoms with E-state index in [2.05, 4.69) is 0 Å². The van der Waals surface area contributed by atoms with Gasteiger partial charge in [0.2, 0.25) is 11.0 Å². The minimum absolute atomic E-state index is 0.0195. The van der Waals surface area contributed by atoms with Gasteiger partial charge in [-0.1, -0.05) is 83.8 Å².